The summed E-state index contributed by atoms with van der Waals surface area (Å²) in [5, 5.41) is 13.8. The van der Waals surface area contributed by atoms with Crippen LogP contribution in [0, 0.1) is 0 Å². The van der Waals surface area contributed by atoms with Crippen molar-refractivity contribution in [1.82, 2.24) is 9.55 Å². The van der Waals surface area contributed by atoms with Crippen molar-refractivity contribution < 1.29 is 9.84 Å². The molecule has 0 radical (unpaired) electrons. The Hall–Kier alpha value is -2.57. The predicted molar refractivity (Wildman–Crippen MR) is 95.9 cm³/mol. The summed E-state index contributed by atoms with van der Waals surface area (Å²) < 4.78 is 8.23. The number of aromatic nitrogens is 2. The molecule has 0 bridgehead atoms. The third-order valence-electron chi connectivity index (χ3n) is 3.99. The first kappa shape index (κ1) is 15.0. The van der Waals surface area contributed by atoms with Gasteiger partial charge in [-0.25, -0.2) is 0 Å². The van der Waals surface area contributed by atoms with Gasteiger partial charge in [-0.1, -0.05) is 6.07 Å². The summed E-state index contributed by atoms with van der Waals surface area (Å²) in [6.07, 6.45) is 2.80. The van der Waals surface area contributed by atoms with E-state index >= 15 is 0 Å². The highest BCUT2D eigenvalue weighted by Gasteiger charge is 2.11. The van der Waals surface area contributed by atoms with Gasteiger partial charge in [0.2, 0.25) is 0 Å². The number of benzene rings is 1. The lowest BCUT2D eigenvalue weighted by Gasteiger charge is -2.14. The van der Waals surface area contributed by atoms with Crippen molar-refractivity contribution in [1.29, 1.82) is 0 Å². The lowest BCUT2D eigenvalue weighted by atomic mass is 10.2. The van der Waals surface area contributed by atoms with Crippen LogP contribution in [0.5, 0.6) is 5.75 Å². The molecule has 3 aromatic heterocycles. The van der Waals surface area contributed by atoms with Gasteiger partial charge in [0.1, 0.15) is 18.5 Å². The van der Waals surface area contributed by atoms with Crippen LogP contribution >= 0.6 is 11.3 Å². The first-order chi connectivity index (χ1) is 11.7. The number of nitrogens with zero attached hydrogens (tertiary/aromatic N) is 1. The number of pyridine rings is 1. The number of hydrogen-bond donors (Lipinski definition) is 2. The van der Waals surface area contributed by atoms with Gasteiger partial charge in [-0.2, -0.15) is 0 Å². The molecule has 3 heterocycles. The van der Waals surface area contributed by atoms with E-state index in [1.54, 1.807) is 6.20 Å². The molecule has 4 rings (SSSR count). The maximum absolute atomic E-state index is 12.4. The molecule has 0 unspecified atom stereocenters. The zero-order valence-corrected chi connectivity index (χ0v) is 13.6. The summed E-state index contributed by atoms with van der Waals surface area (Å²) in [6.45, 7) is 0.326. The van der Waals surface area contributed by atoms with Gasteiger partial charge in [-0.05, 0) is 35.7 Å². The van der Waals surface area contributed by atoms with Crippen molar-refractivity contribution in [2.45, 2.75) is 12.6 Å². The van der Waals surface area contributed by atoms with Crippen molar-refractivity contribution in [3.63, 3.8) is 0 Å². The number of rotatable bonds is 5. The topological polar surface area (TPSA) is 67.2 Å². The molecule has 1 atom stereocenters. The van der Waals surface area contributed by atoms with Crippen LogP contribution in [-0.2, 0) is 6.54 Å². The Bertz CT molecular complexity index is 1050. The fraction of sp³-hybridized carbons (Fsp3) is 0.167. The SMILES string of the molecule is O=c1c2ccsc2ccn1C[C@H](O)COc1cccc2[nH]ccc12. The highest BCUT2D eigenvalue weighted by atomic mass is 32.1. The number of aliphatic hydroxyl groups excluding tert-OH is 1. The zero-order chi connectivity index (χ0) is 16.5. The molecule has 5 nitrogen and oxygen atoms in total. The van der Waals surface area contributed by atoms with Crippen LogP contribution in [0.2, 0.25) is 0 Å². The molecule has 0 saturated carbocycles. The Balaban J connectivity index is 1.48. The van der Waals surface area contributed by atoms with Gasteiger partial charge < -0.3 is 19.4 Å². The van der Waals surface area contributed by atoms with Crippen molar-refractivity contribution >= 4 is 32.3 Å². The smallest absolute Gasteiger partial charge is 0.259 e. The standard InChI is InChI=1S/C18H16N2O3S/c21-12(10-20-8-5-17-14(18(20)22)6-9-24-17)11-23-16-3-1-2-15-13(16)4-7-19-15/h1-9,12,19,21H,10-11H2/t12-/m0/s1. The van der Waals surface area contributed by atoms with Gasteiger partial charge in [-0.15, -0.1) is 11.3 Å². The van der Waals surface area contributed by atoms with Gasteiger partial charge in [0, 0.05) is 28.0 Å². The lowest BCUT2D eigenvalue weighted by Crippen LogP contribution is -2.29. The van der Waals surface area contributed by atoms with E-state index in [2.05, 4.69) is 4.98 Å². The second-order valence-corrected chi connectivity index (χ2v) is 6.58. The molecule has 122 valence electrons. The Labute approximate surface area is 141 Å². The molecule has 0 amide bonds. The number of nitrogens with one attached hydrogen (secondary N) is 1. The molecule has 0 aliphatic carbocycles. The molecule has 24 heavy (non-hydrogen) atoms. The van der Waals surface area contributed by atoms with Crippen molar-refractivity contribution in [3.05, 3.63) is 64.5 Å². The summed E-state index contributed by atoms with van der Waals surface area (Å²) in [5.74, 6) is 0.716. The number of fused-ring (bicyclic) bond motifs is 2. The third-order valence-corrected chi connectivity index (χ3v) is 4.87. The Kier molecular flexibility index (Phi) is 3.84. The van der Waals surface area contributed by atoms with Gasteiger partial charge >= 0.3 is 0 Å². The summed E-state index contributed by atoms with van der Waals surface area (Å²) in [4.78, 5) is 15.5. The second kappa shape index (κ2) is 6.14. The fourth-order valence-electron chi connectivity index (χ4n) is 2.80. The molecule has 0 saturated heterocycles. The molecule has 4 aromatic rings. The molecule has 0 aliphatic heterocycles. The van der Waals surface area contributed by atoms with E-state index < -0.39 is 6.10 Å². The number of aromatic amines is 1. The minimum Gasteiger partial charge on any atom is -0.490 e. The number of hydrogen-bond acceptors (Lipinski definition) is 4. The van der Waals surface area contributed by atoms with Gasteiger partial charge in [0.25, 0.3) is 5.56 Å². The molecule has 0 fully saturated rings. The number of ether oxygens (including phenoxy) is 1. The van der Waals surface area contributed by atoms with Crippen molar-refractivity contribution in [3.8, 4) is 5.75 Å². The van der Waals surface area contributed by atoms with Gasteiger partial charge in [0.05, 0.1) is 11.9 Å². The first-order valence-corrected chi connectivity index (χ1v) is 8.54. The van der Waals surface area contributed by atoms with E-state index in [9.17, 15) is 9.90 Å². The van der Waals surface area contributed by atoms with Crippen LogP contribution in [0.4, 0.5) is 0 Å². The molecule has 0 aliphatic rings. The molecular formula is C18H16N2O3S. The Morgan fingerprint density at radius 3 is 3.04 bits per heavy atom. The average molecular weight is 340 g/mol. The average Bonchev–Trinajstić information content (AvgIpc) is 3.24. The van der Waals surface area contributed by atoms with Gasteiger partial charge in [-0.3, -0.25) is 4.79 Å². The highest BCUT2D eigenvalue weighted by molar-refractivity contribution is 7.17. The van der Waals surface area contributed by atoms with Crippen LogP contribution in [0.15, 0.2) is 59.0 Å². The normalized spacial score (nSPS) is 12.7. The minimum absolute atomic E-state index is 0.0828. The van der Waals surface area contributed by atoms with E-state index in [0.29, 0.717) is 11.1 Å². The summed E-state index contributed by atoms with van der Waals surface area (Å²) in [7, 11) is 0. The lowest BCUT2D eigenvalue weighted by molar-refractivity contribution is 0.0925. The second-order valence-electron chi connectivity index (χ2n) is 5.63. The fourth-order valence-corrected chi connectivity index (χ4v) is 3.57. The van der Waals surface area contributed by atoms with Crippen LogP contribution < -0.4 is 10.3 Å². The Morgan fingerprint density at radius 1 is 1.21 bits per heavy atom. The van der Waals surface area contributed by atoms with Crippen LogP contribution in [0.25, 0.3) is 21.0 Å². The van der Waals surface area contributed by atoms with Crippen LogP contribution in [0.1, 0.15) is 0 Å². The molecule has 2 N–H and O–H groups in total. The summed E-state index contributed by atoms with van der Waals surface area (Å²) >= 11 is 1.54. The van der Waals surface area contributed by atoms with Crippen molar-refractivity contribution in [2.75, 3.05) is 6.61 Å². The largest absolute Gasteiger partial charge is 0.490 e. The van der Waals surface area contributed by atoms with E-state index in [-0.39, 0.29) is 18.7 Å². The molecule has 1 aromatic carbocycles. The number of H-pyrrole nitrogens is 1. The first-order valence-electron chi connectivity index (χ1n) is 7.66. The van der Waals surface area contributed by atoms with E-state index in [0.717, 1.165) is 15.6 Å². The number of aliphatic hydroxyl groups is 1. The van der Waals surface area contributed by atoms with E-state index in [1.807, 2.05) is 48.0 Å². The predicted octanol–water partition coefficient (Wildman–Crippen LogP) is 2.98. The van der Waals surface area contributed by atoms with Crippen molar-refractivity contribution in [2.24, 2.45) is 0 Å². The quantitative estimate of drug-likeness (QED) is 0.587. The summed E-state index contributed by atoms with van der Waals surface area (Å²) in [5.41, 5.74) is 0.904. The van der Waals surface area contributed by atoms with Crippen LogP contribution in [0.3, 0.4) is 0 Å². The van der Waals surface area contributed by atoms with Gasteiger partial charge in [0.15, 0.2) is 0 Å². The molecule has 6 heteroatoms. The molecular weight excluding hydrogens is 324 g/mol. The maximum atomic E-state index is 12.4. The number of thiophene rings is 1. The minimum atomic E-state index is -0.770. The molecule has 0 spiro atoms. The Morgan fingerprint density at radius 2 is 2.12 bits per heavy atom. The van der Waals surface area contributed by atoms with E-state index in [1.165, 1.54) is 15.9 Å². The third kappa shape index (κ3) is 2.70. The summed E-state index contributed by atoms with van der Waals surface area (Å²) in [6, 6.07) is 11.4. The van der Waals surface area contributed by atoms with E-state index in [4.69, 9.17) is 4.74 Å². The zero-order valence-electron chi connectivity index (χ0n) is 12.8. The highest BCUT2D eigenvalue weighted by Crippen LogP contribution is 2.24. The monoisotopic (exact) mass is 340 g/mol. The van der Waals surface area contributed by atoms with Crippen LogP contribution in [-0.4, -0.2) is 27.4 Å². The maximum Gasteiger partial charge on any atom is 0.259 e.